The van der Waals surface area contributed by atoms with Crippen molar-refractivity contribution < 1.29 is 13.6 Å². The molecule has 78 valence electrons. The number of pyridine rings is 1. The number of halogens is 2. The Morgan fingerprint density at radius 2 is 2.33 bits per heavy atom. The fraction of sp³-hybridized carbons (Fsp3) is 0.222. The van der Waals surface area contributed by atoms with Crippen LogP contribution in [0.5, 0.6) is 0 Å². The number of nitrogens with zero attached hydrogens (tertiary/aromatic N) is 2. The van der Waals surface area contributed by atoms with Crippen LogP contribution in [0.1, 0.15) is 33.6 Å². The summed E-state index contributed by atoms with van der Waals surface area (Å²) in [6, 6.07) is 1.65. The molecule has 0 aliphatic carbocycles. The molecule has 0 aliphatic heterocycles. The van der Waals surface area contributed by atoms with Gasteiger partial charge in [0, 0.05) is 23.9 Å². The van der Waals surface area contributed by atoms with Crippen molar-refractivity contribution >= 4 is 6.29 Å². The van der Waals surface area contributed by atoms with Crippen LogP contribution in [0.3, 0.4) is 0 Å². The molecule has 0 saturated heterocycles. The molecular weight excluding hydrogens is 204 g/mol. The second kappa shape index (κ2) is 4.57. The molecule has 1 aromatic heterocycles. The van der Waals surface area contributed by atoms with Crippen molar-refractivity contribution in [1.82, 2.24) is 4.98 Å². The number of carbonyl (C=O) groups excluding carboxylic acids is 1. The van der Waals surface area contributed by atoms with Gasteiger partial charge in [0.2, 0.25) is 0 Å². The van der Waals surface area contributed by atoms with Crippen molar-refractivity contribution in [3.63, 3.8) is 0 Å². The van der Waals surface area contributed by atoms with Crippen LogP contribution in [-0.4, -0.2) is 11.3 Å². The Bertz CT molecular complexity index is 426. The number of hydrogen-bond acceptors (Lipinski definition) is 4. The summed E-state index contributed by atoms with van der Waals surface area (Å²) in [5, 5.41) is 8.72. The summed E-state index contributed by atoms with van der Waals surface area (Å²) < 4.78 is 24.9. The summed E-state index contributed by atoms with van der Waals surface area (Å²) in [5.74, 6) is 0. The van der Waals surface area contributed by atoms with Gasteiger partial charge in [-0.3, -0.25) is 9.78 Å². The third-order valence-electron chi connectivity index (χ3n) is 1.89. The Balaban J connectivity index is 3.50. The average molecular weight is 211 g/mol. The van der Waals surface area contributed by atoms with E-state index in [2.05, 4.69) is 4.98 Å². The van der Waals surface area contributed by atoms with E-state index in [1.165, 1.54) is 0 Å². The maximum atomic E-state index is 12.4. The minimum absolute atomic E-state index is 0.0761. The first-order chi connectivity index (χ1) is 7.15. The zero-order valence-corrected chi connectivity index (χ0v) is 7.58. The van der Waals surface area contributed by atoms with Crippen LogP contribution in [0.25, 0.3) is 0 Å². The van der Waals surface area contributed by atoms with Crippen molar-refractivity contribution in [2.75, 3.05) is 0 Å². The first-order valence-electron chi connectivity index (χ1n) is 4.01. The molecule has 0 aliphatic rings. The molecule has 0 unspecified atom stereocenters. The fourth-order valence-electron chi connectivity index (χ4n) is 1.16. The molecular formula is C9H7F2N3O. The first kappa shape index (κ1) is 11.2. The maximum absolute atomic E-state index is 12.4. The Kier molecular flexibility index (Phi) is 3.42. The number of rotatable bonds is 3. The standard InChI is InChI=1S/C9H7F2N3O/c10-9(11)6-3-14-8(2-13)5(1-12)7(6)4-15/h3-4,9H,2,13H2. The molecule has 0 amide bonds. The minimum Gasteiger partial charge on any atom is -0.325 e. The van der Waals surface area contributed by atoms with E-state index in [1.54, 1.807) is 6.07 Å². The molecule has 0 radical (unpaired) electrons. The van der Waals surface area contributed by atoms with Crippen molar-refractivity contribution in [3.8, 4) is 6.07 Å². The molecule has 1 heterocycles. The second-order valence-corrected chi connectivity index (χ2v) is 2.68. The van der Waals surface area contributed by atoms with Crippen molar-refractivity contribution in [1.29, 1.82) is 5.26 Å². The normalized spacial score (nSPS) is 10.1. The molecule has 0 spiro atoms. The van der Waals surface area contributed by atoms with Gasteiger partial charge in [0.1, 0.15) is 6.07 Å². The van der Waals surface area contributed by atoms with Crippen molar-refractivity contribution in [2.24, 2.45) is 5.73 Å². The van der Waals surface area contributed by atoms with Gasteiger partial charge in [0.15, 0.2) is 6.29 Å². The summed E-state index contributed by atoms with van der Waals surface area (Å²) >= 11 is 0. The number of hydrogen-bond donors (Lipinski definition) is 1. The predicted molar refractivity (Wildman–Crippen MR) is 47.2 cm³/mol. The lowest BCUT2D eigenvalue weighted by Gasteiger charge is -2.07. The lowest BCUT2D eigenvalue weighted by molar-refractivity contribution is 0.110. The highest BCUT2D eigenvalue weighted by Crippen LogP contribution is 2.24. The average Bonchev–Trinajstić information content (AvgIpc) is 2.26. The lowest BCUT2D eigenvalue weighted by Crippen LogP contribution is -2.08. The van der Waals surface area contributed by atoms with E-state index in [-0.39, 0.29) is 29.7 Å². The largest absolute Gasteiger partial charge is 0.325 e. The van der Waals surface area contributed by atoms with Crippen molar-refractivity contribution in [2.45, 2.75) is 13.0 Å². The molecule has 0 fully saturated rings. The van der Waals surface area contributed by atoms with Gasteiger partial charge in [0.05, 0.1) is 11.3 Å². The highest BCUT2D eigenvalue weighted by atomic mass is 19.3. The van der Waals surface area contributed by atoms with Crippen LogP contribution in [0.4, 0.5) is 8.78 Å². The molecule has 0 bridgehead atoms. The van der Waals surface area contributed by atoms with E-state index in [0.29, 0.717) is 0 Å². The number of aldehydes is 1. The SMILES string of the molecule is N#Cc1c(CN)ncc(C(F)F)c1C=O. The summed E-state index contributed by atoms with van der Waals surface area (Å²) in [4.78, 5) is 14.2. The number of nitriles is 1. The minimum atomic E-state index is -2.84. The Morgan fingerprint density at radius 3 is 2.73 bits per heavy atom. The quantitative estimate of drug-likeness (QED) is 0.761. The van der Waals surface area contributed by atoms with E-state index >= 15 is 0 Å². The molecule has 0 atom stereocenters. The van der Waals surface area contributed by atoms with E-state index in [9.17, 15) is 13.6 Å². The third-order valence-corrected chi connectivity index (χ3v) is 1.89. The molecule has 1 aromatic rings. The van der Waals surface area contributed by atoms with Gasteiger partial charge in [-0.15, -0.1) is 0 Å². The zero-order chi connectivity index (χ0) is 11.4. The Hall–Kier alpha value is -1.87. The van der Waals surface area contributed by atoms with Crippen molar-refractivity contribution in [3.05, 3.63) is 28.6 Å². The number of carbonyl (C=O) groups is 1. The monoisotopic (exact) mass is 211 g/mol. The first-order valence-corrected chi connectivity index (χ1v) is 4.01. The van der Waals surface area contributed by atoms with Crippen LogP contribution in [0.2, 0.25) is 0 Å². The second-order valence-electron chi connectivity index (χ2n) is 2.68. The highest BCUT2D eigenvalue weighted by molar-refractivity contribution is 5.82. The summed E-state index contributed by atoms with van der Waals surface area (Å²) in [6.07, 6.45) is -1.74. The Labute approximate surface area is 84.3 Å². The zero-order valence-electron chi connectivity index (χ0n) is 7.58. The molecule has 6 heteroatoms. The van der Waals surface area contributed by atoms with Gasteiger partial charge >= 0.3 is 0 Å². The molecule has 2 N–H and O–H groups in total. The van der Waals surface area contributed by atoms with Gasteiger partial charge in [-0.1, -0.05) is 0 Å². The van der Waals surface area contributed by atoms with Gasteiger partial charge in [-0.2, -0.15) is 5.26 Å². The topological polar surface area (TPSA) is 79.8 Å². The highest BCUT2D eigenvalue weighted by Gasteiger charge is 2.19. The third kappa shape index (κ3) is 1.97. The molecule has 0 aromatic carbocycles. The van der Waals surface area contributed by atoms with E-state index in [4.69, 9.17) is 11.0 Å². The number of aromatic nitrogens is 1. The van der Waals surface area contributed by atoms with Gasteiger partial charge in [0.25, 0.3) is 6.43 Å². The molecule has 0 saturated carbocycles. The fourth-order valence-corrected chi connectivity index (χ4v) is 1.16. The van der Waals surface area contributed by atoms with Gasteiger partial charge in [-0.25, -0.2) is 8.78 Å². The van der Waals surface area contributed by atoms with Crippen LogP contribution in [-0.2, 0) is 6.54 Å². The van der Waals surface area contributed by atoms with Crippen LogP contribution >= 0.6 is 0 Å². The maximum Gasteiger partial charge on any atom is 0.266 e. The van der Waals surface area contributed by atoms with Crippen LogP contribution in [0, 0.1) is 11.3 Å². The van der Waals surface area contributed by atoms with E-state index < -0.39 is 12.0 Å². The summed E-state index contributed by atoms with van der Waals surface area (Å²) in [5.41, 5.74) is 4.35. The van der Waals surface area contributed by atoms with E-state index in [1.807, 2.05) is 0 Å². The van der Waals surface area contributed by atoms with Gasteiger partial charge < -0.3 is 5.73 Å². The van der Waals surface area contributed by atoms with Gasteiger partial charge in [-0.05, 0) is 0 Å². The molecule has 1 rings (SSSR count). The van der Waals surface area contributed by atoms with E-state index in [0.717, 1.165) is 6.20 Å². The number of nitrogens with two attached hydrogens (primary N) is 1. The molecule has 4 nitrogen and oxygen atoms in total. The summed E-state index contributed by atoms with van der Waals surface area (Å²) in [7, 11) is 0. The predicted octanol–water partition coefficient (Wildman–Crippen LogP) is 1.16. The number of alkyl halides is 2. The molecule has 15 heavy (non-hydrogen) atoms. The lowest BCUT2D eigenvalue weighted by atomic mass is 10.0. The van der Waals surface area contributed by atoms with Crippen LogP contribution in [0.15, 0.2) is 6.20 Å². The Morgan fingerprint density at radius 1 is 1.67 bits per heavy atom. The van der Waals surface area contributed by atoms with Crippen LogP contribution < -0.4 is 5.73 Å². The summed E-state index contributed by atoms with van der Waals surface area (Å²) in [6.45, 7) is -0.0761. The smallest absolute Gasteiger partial charge is 0.266 e.